The summed E-state index contributed by atoms with van der Waals surface area (Å²) >= 11 is 0. The molecule has 1 aromatic rings. The van der Waals surface area contributed by atoms with Gasteiger partial charge in [-0.1, -0.05) is 25.7 Å². The van der Waals surface area contributed by atoms with Crippen molar-refractivity contribution in [1.82, 2.24) is 0 Å². The number of hydrogen-bond acceptors (Lipinski definition) is 3. The summed E-state index contributed by atoms with van der Waals surface area (Å²) in [6.45, 7) is 8.78. The average molecular weight is 275 g/mol. The van der Waals surface area contributed by atoms with Gasteiger partial charge < -0.3 is 15.2 Å². The van der Waals surface area contributed by atoms with Gasteiger partial charge in [-0.25, -0.2) is 0 Å². The molecule has 0 unspecified atom stereocenters. The normalized spacial score (nSPS) is 10.2. The molecule has 3 heteroatoms. The van der Waals surface area contributed by atoms with E-state index in [4.69, 9.17) is 15.2 Å². The fourth-order valence-electron chi connectivity index (χ4n) is 1.65. The molecule has 1 aromatic carbocycles. The van der Waals surface area contributed by atoms with Crippen LogP contribution in [0.1, 0.15) is 31.4 Å². The SMILES string of the molecule is Cc1cc(OCCOCCC(C)C)ccc1C#CCN. The lowest BCUT2D eigenvalue weighted by Gasteiger charge is -2.09. The molecule has 0 fully saturated rings. The number of benzene rings is 1. The van der Waals surface area contributed by atoms with Crippen LogP contribution >= 0.6 is 0 Å². The summed E-state index contributed by atoms with van der Waals surface area (Å²) in [5.74, 6) is 7.43. The van der Waals surface area contributed by atoms with Crippen LogP contribution in [0.2, 0.25) is 0 Å². The first-order valence-corrected chi connectivity index (χ1v) is 7.13. The molecule has 0 aliphatic heterocycles. The maximum atomic E-state index is 5.66. The van der Waals surface area contributed by atoms with Crippen LogP contribution in [0.5, 0.6) is 5.75 Å². The zero-order valence-electron chi connectivity index (χ0n) is 12.7. The van der Waals surface area contributed by atoms with E-state index in [1.165, 1.54) is 0 Å². The van der Waals surface area contributed by atoms with Crippen LogP contribution < -0.4 is 10.5 Å². The first-order chi connectivity index (χ1) is 9.63. The van der Waals surface area contributed by atoms with Gasteiger partial charge in [0.25, 0.3) is 0 Å². The van der Waals surface area contributed by atoms with Gasteiger partial charge in [0.2, 0.25) is 0 Å². The molecule has 0 heterocycles. The topological polar surface area (TPSA) is 44.5 Å². The van der Waals surface area contributed by atoms with Crippen LogP contribution in [-0.4, -0.2) is 26.4 Å². The van der Waals surface area contributed by atoms with Gasteiger partial charge in [-0.15, -0.1) is 0 Å². The Bertz CT molecular complexity index is 458. The predicted molar refractivity (Wildman–Crippen MR) is 82.9 cm³/mol. The Morgan fingerprint density at radius 2 is 2.00 bits per heavy atom. The molecule has 0 aromatic heterocycles. The molecule has 0 saturated heterocycles. The van der Waals surface area contributed by atoms with Crippen molar-refractivity contribution in [1.29, 1.82) is 0 Å². The second-order valence-corrected chi connectivity index (χ2v) is 5.13. The molecular formula is C17H25NO2. The standard InChI is InChI=1S/C17H25NO2/c1-14(2)8-10-19-11-12-20-17-7-6-16(5-4-9-18)15(3)13-17/h6-7,13-14H,8-12,18H2,1-3H3. The molecule has 0 saturated carbocycles. The zero-order chi connectivity index (χ0) is 14.8. The molecule has 3 nitrogen and oxygen atoms in total. The van der Waals surface area contributed by atoms with Crippen molar-refractivity contribution in [3.8, 4) is 17.6 Å². The van der Waals surface area contributed by atoms with Gasteiger partial charge in [-0.05, 0) is 43.0 Å². The zero-order valence-corrected chi connectivity index (χ0v) is 12.7. The first-order valence-electron chi connectivity index (χ1n) is 7.13. The molecule has 0 radical (unpaired) electrons. The molecule has 0 aliphatic carbocycles. The van der Waals surface area contributed by atoms with Crippen molar-refractivity contribution in [2.24, 2.45) is 11.7 Å². The molecule has 0 bridgehead atoms. The molecule has 0 spiro atoms. The Labute approximate surface area is 122 Å². The monoisotopic (exact) mass is 275 g/mol. The summed E-state index contributed by atoms with van der Waals surface area (Å²) in [5.41, 5.74) is 7.47. The van der Waals surface area contributed by atoms with Crippen LogP contribution in [0.25, 0.3) is 0 Å². The average Bonchev–Trinajstić information content (AvgIpc) is 2.41. The maximum Gasteiger partial charge on any atom is 0.119 e. The van der Waals surface area contributed by atoms with Crippen LogP contribution in [-0.2, 0) is 4.74 Å². The summed E-state index contributed by atoms with van der Waals surface area (Å²) in [5, 5.41) is 0. The van der Waals surface area contributed by atoms with Gasteiger partial charge in [0.05, 0.1) is 13.2 Å². The number of nitrogens with two attached hydrogens (primary N) is 1. The molecule has 110 valence electrons. The highest BCUT2D eigenvalue weighted by Gasteiger charge is 1.99. The van der Waals surface area contributed by atoms with Crippen LogP contribution in [0.3, 0.4) is 0 Å². The Morgan fingerprint density at radius 1 is 1.20 bits per heavy atom. The second kappa shape index (κ2) is 9.41. The third-order valence-corrected chi connectivity index (χ3v) is 2.86. The van der Waals surface area contributed by atoms with Gasteiger partial charge >= 0.3 is 0 Å². The van der Waals surface area contributed by atoms with Gasteiger partial charge in [0.1, 0.15) is 12.4 Å². The van der Waals surface area contributed by atoms with Crippen molar-refractivity contribution < 1.29 is 9.47 Å². The van der Waals surface area contributed by atoms with Crippen molar-refractivity contribution in [3.05, 3.63) is 29.3 Å². The number of aryl methyl sites for hydroxylation is 1. The van der Waals surface area contributed by atoms with Crippen molar-refractivity contribution in [2.45, 2.75) is 27.2 Å². The number of ether oxygens (including phenoxy) is 2. The minimum absolute atomic E-state index is 0.380. The largest absolute Gasteiger partial charge is 0.491 e. The van der Waals surface area contributed by atoms with Crippen molar-refractivity contribution >= 4 is 0 Å². The maximum absolute atomic E-state index is 5.66. The van der Waals surface area contributed by atoms with Gasteiger partial charge in [-0.2, -0.15) is 0 Å². The fourth-order valence-corrected chi connectivity index (χ4v) is 1.65. The van der Waals surface area contributed by atoms with E-state index in [2.05, 4.69) is 25.7 Å². The van der Waals surface area contributed by atoms with Crippen molar-refractivity contribution in [3.63, 3.8) is 0 Å². The van der Waals surface area contributed by atoms with E-state index < -0.39 is 0 Å². The van der Waals surface area contributed by atoms with Crippen molar-refractivity contribution in [2.75, 3.05) is 26.4 Å². The van der Waals surface area contributed by atoms with Crippen LogP contribution in [0.15, 0.2) is 18.2 Å². The number of rotatable bonds is 7. The highest BCUT2D eigenvalue weighted by Crippen LogP contribution is 2.16. The highest BCUT2D eigenvalue weighted by atomic mass is 16.5. The molecular weight excluding hydrogens is 250 g/mol. The summed E-state index contributed by atoms with van der Waals surface area (Å²) in [6, 6.07) is 5.89. The van der Waals surface area contributed by atoms with Crippen LogP contribution in [0, 0.1) is 24.7 Å². The van der Waals surface area contributed by atoms with E-state index in [1.807, 2.05) is 25.1 Å². The smallest absolute Gasteiger partial charge is 0.119 e. The molecule has 1 rings (SSSR count). The fraction of sp³-hybridized carbons (Fsp3) is 0.529. The summed E-state index contributed by atoms with van der Waals surface area (Å²) in [4.78, 5) is 0. The lowest BCUT2D eigenvalue weighted by atomic mass is 10.1. The Kier molecular flexibility index (Phi) is 7.79. The van der Waals surface area contributed by atoms with E-state index >= 15 is 0 Å². The Balaban J connectivity index is 2.33. The van der Waals surface area contributed by atoms with Crippen LogP contribution in [0.4, 0.5) is 0 Å². The third kappa shape index (κ3) is 6.60. The highest BCUT2D eigenvalue weighted by molar-refractivity contribution is 5.44. The lowest BCUT2D eigenvalue weighted by Crippen LogP contribution is -2.08. The quantitative estimate of drug-likeness (QED) is 0.614. The summed E-state index contributed by atoms with van der Waals surface area (Å²) in [6.07, 6.45) is 1.09. The number of hydrogen-bond donors (Lipinski definition) is 1. The third-order valence-electron chi connectivity index (χ3n) is 2.86. The minimum Gasteiger partial charge on any atom is -0.491 e. The molecule has 0 atom stereocenters. The summed E-state index contributed by atoms with van der Waals surface area (Å²) < 4.78 is 11.2. The van der Waals surface area contributed by atoms with Gasteiger partial charge in [0, 0.05) is 12.2 Å². The molecule has 0 aliphatic rings. The first kappa shape index (κ1) is 16.6. The Hall–Kier alpha value is -1.50. The van der Waals surface area contributed by atoms with E-state index in [9.17, 15) is 0 Å². The van der Waals surface area contributed by atoms with E-state index in [-0.39, 0.29) is 0 Å². The van der Waals surface area contributed by atoms with E-state index in [0.717, 1.165) is 29.9 Å². The van der Waals surface area contributed by atoms with E-state index in [0.29, 0.717) is 25.7 Å². The molecule has 0 amide bonds. The minimum atomic E-state index is 0.380. The lowest BCUT2D eigenvalue weighted by molar-refractivity contribution is 0.0925. The Morgan fingerprint density at radius 3 is 2.65 bits per heavy atom. The van der Waals surface area contributed by atoms with Gasteiger partial charge in [0.15, 0.2) is 0 Å². The van der Waals surface area contributed by atoms with E-state index in [1.54, 1.807) is 0 Å². The molecule has 20 heavy (non-hydrogen) atoms. The van der Waals surface area contributed by atoms with Gasteiger partial charge in [-0.3, -0.25) is 0 Å². The second-order valence-electron chi connectivity index (χ2n) is 5.13. The molecule has 2 N–H and O–H groups in total. The predicted octanol–water partition coefficient (Wildman–Crippen LogP) is 2.75. The summed E-state index contributed by atoms with van der Waals surface area (Å²) in [7, 11) is 0.